The first-order valence-electron chi connectivity index (χ1n) is 16.6. The van der Waals surface area contributed by atoms with E-state index in [0.717, 1.165) is 65.3 Å². The average Bonchev–Trinajstić information content (AvgIpc) is 3.63. The van der Waals surface area contributed by atoms with E-state index >= 15 is 0 Å². The van der Waals surface area contributed by atoms with Crippen LogP contribution >= 0.6 is 0 Å². The first-order chi connectivity index (χ1) is 22.6. The molecule has 2 aromatic carbocycles. The van der Waals surface area contributed by atoms with E-state index in [1.165, 1.54) is 30.5 Å². The number of nitrogens with one attached hydrogen (secondary N) is 1. The van der Waals surface area contributed by atoms with Crippen LogP contribution in [0.2, 0.25) is 0 Å². The van der Waals surface area contributed by atoms with Crippen LogP contribution in [0.1, 0.15) is 70.3 Å². The first kappa shape index (κ1) is 40.3. The zero-order valence-corrected chi connectivity index (χ0v) is 29.6. The number of aromatic hydroxyl groups is 2. The fourth-order valence-electron chi connectivity index (χ4n) is 4.51. The van der Waals surface area contributed by atoms with Crippen molar-refractivity contribution in [3.05, 3.63) is 59.7 Å². The van der Waals surface area contributed by atoms with Gasteiger partial charge in [-0.25, -0.2) is 9.59 Å². The number of piperazine rings is 2. The Morgan fingerprint density at radius 1 is 0.729 bits per heavy atom. The third-order valence-electron chi connectivity index (χ3n) is 6.99. The van der Waals surface area contributed by atoms with Crippen molar-refractivity contribution in [3.8, 4) is 11.5 Å². The zero-order chi connectivity index (χ0) is 35.6. The minimum atomic E-state index is -0.444. The van der Waals surface area contributed by atoms with E-state index in [9.17, 15) is 19.5 Å². The van der Waals surface area contributed by atoms with Crippen molar-refractivity contribution in [3.63, 3.8) is 0 Å². The Balaban J connectivity index is 0.000000250. The van der Waals surface area contributed by atoms with E-state index in [0.29, 0.717) is 18.7 Å². The summed E-state index contributed by atoms with van der Waals surface area (Å²) in [5.41, 5.74) is 0.911. The Bertz CT molecular complexity index is 1200. The Labute approximate surface area is 285 Å². The second kappa shape index (κ2) is 20.5. The molecule has 48 heavy (non-hydrogen) atoms. The van der Waals surface area contributed by atoms with Crippen LogP contribution in [0.4, 0.5) is 9.59 Å². The number of rotatable bonds is 3. The van der Waals surface area contributed by atoms with E-state index < -0.39 is 5.60 Å². The number of benzene rings is 2. The quantitative estimate of drug-likeness (QED) is 0.369. The molecule has 3 fully saturated rings. The van der Waals surface area contributed by atoms with Gasteiger partial charge in [0.15, 0.2) is 0 Å². The maximum atomic E-state index is 12.0. The number of hydrogen-bond donors (Lipinski definition) is 3. The third kappa shape index (κ3) is 17.9. The van der Waals surface area contributed by atoms with Crippen LogP contribution < -0.4 is 5.32 Å². The second-order valence-electron chi connectivity index (χ2n) is 13.7. The zero-order valence-electron chi connectivity index (χ0n) is 29.6. The van der Waals surface area contributed by atoms with Crippen LogP contribution in [0.15, 0.2) is 48.5 Å². The highest BCUT2D eigenvalue weighted by atomic mass is 16.6. The van der Waals surface area contributed by atoms with E-state index in [1.807, 2.05) is 53.7 Å². The van der Waals surface area contributed by atoms with Crippen LogP contribution in [-0.4, -0.2) is 120 Å². The Kier molecular flexibility index (Phi) is 17.2. The van der Waals surface area contributed by atoms with Gasteiger partial charge in [0.2, 0.25) is 0 Å². The van der Waals surface area contributed by atoms with Crippen molar-refractivity contribution in [1.29, 1.82) is 0 Å². The monoisotopic (exact) mass is 672 g/mol. The fourth-order valence-corrected chi connectivity index (χ4v) is 4.51. The average molecular weight is 673 g/mol. The Morgan fingerprint density at radius 2 is 1.17 bits per heavy atom. The van der Waals surface area contributed by atoms with Crippen molar-refractivity contribution in [2.75, 3.05) is 65.6 Å². The molecule has 0 spiro atoms. The summed E-state index contributed by atoms with van der Waals surface area (Å²) < 4.78 is 15.6. The summed E-state index contributed by atoms with van der Waals surface area (Å²) in [7, 11) is 0. The predicted molar refractivity (Wildman–Crippen MR) is 185 cm³/mol. The first-order valence-corrected chi connectivity index (χ1v) is 16.6. The number of phenolic OH excluding ortho intramolecular Hbond substituents is 2. The van der Waals surface area contributed by atoms with Gasteiger partial charge in [-0.3, -0.25) is 9.69 Å². The molecular weight excluding hydrogens is 616 g/mol. The summed E-state index contributed by atoms with van der Waals surface area (Å²) >= 11 is 0. The number of carbonyl (C=O) groups excluding carboxylic acids is 3. The Hall–Kier alpha value is -3.87. The van der Waals surface area contributed by atoms with Crippen molar-refractivity contribution >= 4 is 18.5 Å². The normalized spacial score (nSPS) is 16.5. The van der Waals surface area contributed by atoms with Crippen molar-refractivity contribution in [2.45, 2.75) is 72.1 Å². The molecule has 3 aliphatic rings. The molecular formula is C36H56N4O8. The molecule has 12 heteroatoms. The summed E-state index contributed by atoms with van der Waals surface area (Å²) in [6.45, 7) is 20.4. The van der Waals surface area contributed by atoms with Gasteiger partial charge in [-0.05, 0) is 96.3 Å². The number of nitrogens with zero attached hydrogens (tertiary/aromatic N) is 3. The van der Waals surface area contributed by atoms with Crippen molar-refractivity contribution < 1.29 is 38.8 Å². The van der Waals surface area contributed by atoms with Crippen LogP contribution in [0, 0.1) is 0 Å². The molecule has 3 saturated heterocycles. The molecule has 0 atom stereocenters. The molecule has 268 valence electrons. The molecule has 0 saturated carbocycles. The van der Waals surface area contributed by atoms with E-state index in [4.69, 9.17) is 19.3 Å². The topological polar surface area (TPSA) is 141 Å². The van der Waals surface area contributed by atoms with Crippen LogP contribution in [-0.2, 0) is 20.8 Å². The molecule has 0 radical (unpaired) electrons. The van der Waals surface area contributed by atoms with Gasteiger partial charge in [-0.15, -0.1) is 0 Å². The van der Waals surface area contributed by atoms with Gasteiger partial charge in [0, 0.05) is 77.7 Å². The summed E-state index contributed by atoms with van der Waals surface area (Å²) in [4.78, 5) is 39.3. The van der Waals surface area contributed by atoms with Gasteiger partial charge in [0.05, 0.1) is 0 Å². The SMILES string of the molecule is C1CCOC1.CC(C)(C)OC(=O)N1CCN(Cc2ccc(O)cc2)CC1.CC(C)(C)OC(=O)N1CCNCC1.O=Cc1ccc(O)cc1. The van der Waals surface area contributed by atoms with Crippen LogP contribution in [0.3, 0.4) is 0 Å². The van der Waals surface area contributed by atoms with E-state index in [1.54, 1.807) is 34.1 Å². The van der Waals surface area contributed by atoms with Gasteiger partial charge < -0.3 is 39.5 Å². The number of carbonyl (C=O) groups is 3. The highest BCUT2D eigenvalue weighted by Crippen LogP contribution is 2.15. The molecule has 0 aliphatic carbocycles. The fraction of sp³-hybridized carbons (Fsp3) is 0.583. The third-order valence-corrected chi connectivity index (χ3v) is 6.99. The molecule has 0 bridgehead atoms. The van der Waals surface area contributed by atoms with Gasteiger partial charge in [0.1, 0.15) is 29.0 Å². The molecule has 2 aromatic rings. The van der Waals surface area contributed by atoms with Gasteiger partial charge in [-0.2, -0.15) is 0 Å². The molecule has 3 aliphatic heterocycles. The number of phenols is 2. The maximum absolute atomic E-state index is 12.0. The number of ether oxygens (including phenoxy) is 3. The van der Waals surface area contributed by atoms with Gasteiger partial charge >= 0.3 is 12.2 Å². The van der Waals surface area contributed by atoms with Crippen molar-refractivity contribution in [2.24, 2.45) is 0 Å². The molecule has 2 amide bonds. The van der Waals surface area contributed by atoms with E-state index in [-0.39, 0.29) is 29.3 Å². The summed E-state index contributed by atoms with van der Waals surface area (Å²) in [6, 6.07) is 13.3. The highest BCUT2D eigenvalue weighted by Gasteiger charge is 2.26. The summed E-state index contributed by atoms with van der Waals surface area (Å²) in [5.74, 6) is 0.467. The highest BCUT2D eigenvalue weighted by molar-refractivity contribution is 5.74. The Morgan fingerprint density at radius 3 is 1.56 bits per heavy atom. The standard InChI is InChI=1S/C16H24N2O3.C9H18N2O2.C7H6O2.C4H8O/c1-16(2,3)21-15(20)18-10-8-17(9-11-18)12-13-4-6-14(19)7-5-13;1-9(2,3)13-8(12)11-6-4-10-5-7-11;8-5-6-1-3-7(9)4-2-6;1-2-4-5-3-1/h4-7,19H,8-12H2,1-3H3;10H,4-7H2,1-3H3;1-5,9H;1-4H2. The van der Waals surface area contributed by atoms with E-state index in [2.05, 4.69) is 10.2 Å². The van der Waals surface area contributed by atoms with Gasteiger partial charge in [-0.1, -0.05) is 12.1 Å². The maximum Gasteiger partial charge on any atom is 0.410 e. The molecule has 0 aromatic heterocycles. The number of hydrogen-bond acceptors (Lipinski definition) is 10. The molecule has 0 unspecified atom stereocenters. The number of amides is 2. The predicted octanol–water partition coefficient (Wildman–Crippen LogP) is 5.27. The number of aldehydes is 1. The minimum Gasteiger partial charge on any atom is -0.508 e. The lowest BCUT2D eigenvalue weighted by Crippen LogP contribution is -2.49. The molecule has 3 heterocycles. The molecule has 12 nitrogen and oxygen atoms in total. The van der Waals surface area contributed by atoms with Gasteiger partial charge in [0.25, 0.3) is 0 Å². The largest absolute Gasteiger partial charge is 0.508 e. The van der Waals surface area contributed by atoms with Crippen molar-refractivity contribution in [1.82, 2.24) is 20.0 Å². The molecule has 5 rings (SSSR count). The van der Waals surface area contributed by atoms with Crippen LogP contribution in [0.5, 0.6) is 11.5 Å². The summed E-state index contributed by atoms with van der Waals surface area (Å²) in [6.07, 6.45) is 2.86. The smallest absolute Gasteiger partial charge is 0.410 e. The lowest BCUT2D eigenvalue weighted by atomic mass is 10.2. The lowest BCUT2D eigenvalue weighted by Gasteiger charge is -2.35. The lowest BCUT2D eigenvalue weighted by molar-refractivity contribution is 0.0138. The second-order valence-corrected chi connectivity index (χ2v) is 13.7. The van der Waals surface area contributed by atoms with Crippen LogP contribution in [0.25, 0.3) is 0 Å². The molecule has 3 N–H and O–H groups in total. The minimum absolute atomic E-state index is 0.181. The summed E-state index contributed by atoms with van der Waals surface area (Å²) in [5, 5.41) is 21.2.